The summed E-state index contributed by atoms with van der Waals surface area (Å²) in [7, 11) is 0. The van der Waals surface area contributed by atoms with E-state index in [1.165, 1.54) is 0 Å². The van der Waals surface area contributed by atoms with E-state index in [1.807, 2.05) is 18.2 Å². The Morgan fingerprint density at radius 3 is 2.80 bits per heavy atom. The highest BCUT2D eigenvalue weighted by molar-refractivity contribution is 5.94. The number of carbonyl (C=O) groups excluding carboxylic acids is 1. The van der Waals surface area contributed by atoms with E-state index in [4.69, 9.17) is 4.74 Å². The van der Waals surface area contributed by atoms with Crippen LogP contribution >= 0.6 is 0 Å². The van der Waals surface area contributed by atoms with Gasteiger partial charge < -0.3 is 9.64 Å². The van der Waals surface area contributed by atoms with Gasteiger partial charge in [-0.15, -0.1) is 0 Å². The summed E-state index contributed by atoms with van der Waals surface area (Å²) >= 11 is 0. The van der Waals surface area contributed by atoms with Gasteiger partial charge in [0.15, 0.2) is 0 Å². The lowest BCUT2D eigenvalue weighted by Gasteiger charge is -2.32. The van der Waals surface area contributed by atoms with Crippen LogP contribution in [0.15, 0.2) is 48.9 Å². The highest BCUT2D eigenvalue weighted by Gasteiger charge is 2.26. The quantitative estimate of drug-likeness (QED) is 0.832. The Labute approximate surface area is 117 Å². The van der Waals surface area contributed by atoms with Gasteiger partial charge in [-0.05, 0) is 24.3 Å². The van der Waals surface area contributed by atoms with Crippen molar-refractivity contribution in [2.45, 2.75) is 6.10 Å². The molecule has 5 heteroatoms. The molecule has 0 saturated carbocycles. The molecule has 2 aromatic heterocycles. The van der Waals surface area contributed by atoms with Crippen molar-refractivity contribution in [1.82, 2.24) is 14.9 Å². The Balaban J connectivity index is 1.74. The van der Waals surface area contributed by atoms with Gasteiger partial charge in [-0.3, -0.25) is 14.8 Å². The average Bonchev–Trinajstić information content (AvgIpc) is 2.56. The Morgan fingerprint density at radius 2 is 2.05 bits per heavy atom. The van der Waals surface area contributed by atoms with Gasteiger partial charge in [0.2, 0.25) is 0 Å². The fourth-order valence-electron chi connectivity index (χ4n) is 2.26. The Morgan fingerprint density at radius 1 is 1.20 bits per heavy atom. The van der Waals surface area contributed by atoms with Crippen LogP contribution in [0.25, 0.3) is 0 Å². The van der Waals surface area contributed by atoms with Crippen LogP contribution in [0.2, 0.25) is 0 Å². The maximum atomic E-state index is 12.4. The number of ether oxygens (including phenoxy) is 1. The lowest BCUT2D eigenvalue weighted by molar-refractivity contribution is -0.0247. The largest absolute Gasteiger partial charge is 0.368 e. The molecule has 1 amide bonds. The molecule has 1 fully saturated rings. The maximum absolute atomic E-state index is 12.4. The number of aromatic nitrogens is 2. The first kappa shape index (κ1) is 12.7. The van der Waals surface area contributed by atoms with Crippen LogP contribution in [0.5, 0.6) is 0 Å². The molecule has 5 nitrogen and oxygen atoms in total. The van der Waals surface area contributed by atoms with Crippen molar-refractivity contribution in [3.63, 3.8) is 0 Å². The molecule has 20 heavy (non-hydrogen) atoms. The zero-order chi connectivity index (χ0) is 13.8. The highest BCUT2D eigenvalue weighted by Crippen LogP contribution is 2.21. The summed E-state index contributed by atoms with van der Waals surface area (Å²) in [6, 6.07) is 9.17. The normalized spacial score (nSPS) is 18.8. The molecule has 1 aliphatic rings. The number of pyridine rings is 2. The van der Waals surface area contributed by atoms with Crippen molar-refractivity contribution in [2.24, 2.45) is 0 Å². The Bertz CT molecular complexity index is 574. The van der Waals surface area contributed by atoms with Crippen molar-refractivity contribution in [3.8, 4) is 0 Å². The molecule has 0 unspecified atom stereocenters. The van der Waals surface area contributed by atoms with E-state index in [0.29, 0.717) is 25.3 Å². The summed E-state index contributed by atoms with van der Waals surface area (Å²) in [5, 5.41) is 0. The molecule has 2 aromatic rings. The van der Waals surface area contributed by atoms with Gasteiger partial charge >= 0.3 is 0 Å². The molecule has 0 spiro atoms. The predicted octanol–water partition coefficient (Wildman–Crippen LogP) is 1.69. The summed E-state index contributed by atoms with van der Waals surface area (Å²) in [5.74, 6) is 0.0108. The van der Waals surface area contributed by atoms with E-state index in [1.54, 1.807) is 35.6 Å². The monoisotopic (exact) mass is 269 g/mol. The van der Waals surface area contributed by atoms with E-state index < -0.39 is 0 Å². The molecule has 1 saturated heterocycles. The fourth-order valence-corrected chi connectivity index (χ4v) is 2.26. The Kier molecular flexibility index (Phi) is 3.69. The van der Waals surface area contributed by atoms with Crippen molar-refractivity contribution < 1.29 is 9.53 Å². The number of nitrogens with zero attached hydrogens (tertiary/aromatic N) is 3. The topological polar surface area (TPSA) is 55.3 Å². The zero-order valence-corrected chi connectivity index (χ0v) is 11.0. The van der Waals surface area contributed by atoms with Crippen LogP contribution in [-0.2, 0) is 4.74 Å². The minimum Gasteiger partial charge on any atom is -0.368 e. The number of hydrogen-bond acceptors (Lipinski definition) is 4. The summed E-state index contributed by atoms with van der Waals surface area (Å²) in [6.07, 6.45) is 4.84. The second-order valence-corrected chi connectivity index (χ2v) is 4.60. The number of rotatable bonds is 2. The van der Waals surface area contributed by atoms with Crippen LogP contribution in [0, 0.1) is 0 Å². The van der Waals surface area contributed by atoms with Gasteiger partial charge in [0.1, 0.15) is 6.10 Å². The fraction of sp³-hybridized carbons (Fsp3) is 0.267. The first-order chi connectivity index (χ1) is 9.84. The standard InChI is InChI=1S/C15H15N3O2/c19-15(12-4-7-16-8-5-12)18-9-10-20-14(11-18)13-3-1-2-6-17-13/h1-8,14H,9-11H2/t14-/m1/s1. The van der Waals surface area contributed by atoms with E-state index >= 15 is 0 Å². The van der Waals surface area contributed by atoms with E-state index in [-0.39, 0.29) is 12.0 Å². The molecule has 1 aliphatic heterocycles. The number of amides is 1. The first-order valence-corrected chi connectivity index (χ1v) is 6.56. The molecular weight excluding hydrogens is 254 g/mol. The van der Waals surface area contributed by atoms with Gasteiger partial charge in [0.05, 0.1) is 18.8 Å². The molecule has 0 radical (unpaired) electrons. The summed E-state index contributed by atoms with van der Waals surface area (Å²) in [4.78, 5) is 22.4. The molecule has 0 bridgehead atoms. The van der Waals surface area contributed by atoms with Crippen LogP contribution in [0.3, 0.4) is 0 Å². The van der Waals surface area contributed by atoms with Gasteiger partial charge in [0.25, 0.3) is 5.91 Å². The van der Waals surface area contributed by atoms with Gasteiger partial charge in [0, 0.05) is 30.7 Å². The van der Waals surface area contributed by atoms with Gasteiger partial charge in [-0.25, -0.2) is 0 Å². The van der Waals surface area contributed by atoms with E-state index in [2.05, 4.69) is 9.97 Å². The number of morpholine rings is 1. The zero-order valence-electron chi connectivity index (χ0n) is 11.0. The van der Waals surface area contributed by atoms with Gasteiger partial charge in [-0.1, -0.05) is 6.07 Å². The summed E-state index contributed by atoms with van der Waals surface area (Å²) < 4.78 is 5.71. The van der Waals surface area contributed by atoms with Crippen molar-refractivity contribution in [3.05, 3.63) is 60.2 Å². The molecule has 0 aromatic carbocycles. The smallest absolute Gasteiger partial charge is 0.254 e. The molecule has 1 atom stereocenters. The van der Waals surface area contributed by atoms with Crippen LogP contribution in [-0.4, -0.2) is 40.5 Å². The first-order valence-electron chi connectivity index (χ1n) is 6.56. The molecule has 0 aliphatic carbocycles. The lowest BCUT2D eigenvalue weighted by atomic mass is 10.1. The highest BCUT2D eigenvalue weighted by atomic mass is 16.5. The second kappa shape index (κ2) is 5.79. The van der Waals surface area contributed by atoms with Crippen LogP contribution in [0.1, 0.15) is 22.2 Å². The number of hydrogen-bond donors (Lipinski definition) is 0. The van der Waals surface area contributed by atoms with Gasteiger partial charge in [-0.2, -0.15) is 0 Å². The third-order valence-corrected chi connectivity index (χ3v) is 3.30. The minimum atomic E-state index is -0.157. The molecule has 3 heterocycles. The minimum absolute atomic E-state index is 0.0108. The van der Waals surface area contributed by atoms with E-state index in [0.717, 1.165) is 5.69 Å². The van der Waals surface area contributed by atoms with Crippen LogP contribution < -0.4 is 0 Å². The molecule has 0 N–H and O–H groups in total. The van der Waals surface area contributed by atoms with Crippen molar-refractivity contribution in [2.75, 3.05) is 19.7 Å². The SMILES string of the molecule is O=C(c1ccncc1)N1CCO[C@@H](c2ccccn2)C1. The predicted molar refractivity (Wildman–Crippen MR) is 73.1 cm³/mol. The molecular formula is C15H15N3O2. The third kappa shape index (κ3) is 2.67. The second-order valence-electron chi connectivity index (χ2n) is 4.60. The molecule has 3 rings (SSSR count). The summed E-state index contributed by atoms with van der Waals surface area (Å²) in [6.45, 7) is 1.65. The maximum Gasteiger partial charge on any atom is 0.254 e. The van der Waals surface area contributed by atoms with E-state index in [9.17, 15) is 4.79 Å². The molecule has 102 valence electrons. The number of carbonyl (C=O) groups is 1. The Hall–Kier alpha value is -2.27. The average molecular weight is 269 g/mol. The van der Waals surface area contributed by atoms with Crippen molar-refractivity contribution in [1.29, 1.82) is 0 Å². The summed E-state index contributed by atoms with van der Waals surface area (Å²) in [5.41, 5.74) is 1.52. The van der Waals surface area contributed by atoms with Crippen molar-refractivity contribution >= 4 is 5.91 Å². The lowest BCUT2D eigenvalue weighted by Crippen LogP contribution is -2.42. The van der Waals surface area contributed by atoms with Crippen LogP contribution in [0.4, 0.5) is 0 Å². The third-order valence-electron chi connectivity index (χ3n) is 3.30.